The van der Waals surface area contributed by atoms with E-state index in [1.165, 1.54) is 12.8 Å². The van der Waals surface area contributed by atoms with Gasteiger partial charge in [-0.1, -0.05) is 26.0 Å². The quantitative estimate of drug-likeness (QED) is 0.741. The van der Waals surface area contributed by atoms with E-state index >= 15 is 0 Å². The predicted molar refractivity (Wildman–Crippen MR) is 60.9 cm³/mol. The number of benzene rings is 1. The van der Waals surface area contributed by atoms with E-state index in [1.807, 2.05) is 32.0 Å². The fourth-order valence-electron chi connectivity index (χ4n) is 1.69. The molecular formula is C12H19NO. The Kier molecular flexibility index (Phi) is 4.30. The fraction of sp³-hybridized carbons (Fsp3) is 0.500. The molecule has 0 saturated carbocycles. The molecule has 1 heterocycles. The molecule has 1 fully saturated rings. The van der Waals surface area contributed by atoms with Crippen LogP contribution in [0.3, 0.4) is 0 Å². The first-order valence-electron chi connectivity index (χ1n) is 5.41. The second-order valence-corrected chi connectivity index (χ2v) is 3.18. The molecule has 0 spiro atoms. The zero-order valence-electron chi connectivity index (χ0n) is 9.03. The van der Waals surface area contributed by atoms with Crippen LogP contribution in [0.2, 0.25) is 0 Å². The lowest BCUT2D eigenvalue weighted by molar-refractivity contribution is 0.475. The Balaban J connectivity index is 0.000000461. The number of aromatic hydroxyl groups is 1. The van der Waals surface area contributed by atoms with E-state index in [9.17, 15) is 5.11 Å². The van der Waals surface area contributed by atoms with Crippen LogP contribution >= 0.6 is 0 Å². The standard InChI is InChI=1S/C10H13NO.C2H6/c12-10-6-2-1-5-9(10)11-7-3-4-8-11;1-2/h1-2,5-6,12H,3-4,7-8H2;1-2H3. The van der Waals surface area contributed by atoms with Gasteiger partial charge in [0, 0.05) is 13.1 Å². The van der Waals surface area contributed by atoms with Crippen LogP contribution < -0.4 is 4.90 Å². The Hall–Kier alpha value is -1.18. The fourth-order valence-corrected chi connectivity index (χ4v) is 1.69. The Labute approximate surface area is 86.2 Å². The summed E-state index contributed by atoms with van der Waals surface area (Å²) in [5.74, 6) is 0.402. The molecular weight excluding hydrogens is 174 g/mol. The Bertz CT molecular complexity index is 267. The first kappa shape index (κ1) is 10.9. The van der Waals surface area contributed by atoms with Gasteiger partial charge < -0.3 is 10.0 Å². The average molecular weight is 193 g/mol. The molecule has 2 heteroatoms. The molecule has 1 aliphatic heterocycles. The van der Waals surface area contributed by atoms with Crippen molar-refractivity contribution in [3.63, 3.8) is 0 Å². The summed E-state index contributed by atoms with van der Waals surface area (Å²) in [5.41, 5.74) is 0.981. The van der Waals surface area contributed by atoms with E-state index in [2.05, 4.69) is 4.90 Å². The SMILES string of the molecule is CC.Oc1ccccc1N1CCCC1. The van der Waals surface area contributed by atoms with Gasteiger partial charge in [-0.05, 0) is 25.0 Å². The minimum absolute atomic E-state index is 0.402. The third-order valence-electron chi connectivity index (χ3n) is 2.33. The van der Waals surface area contributed by atoms with Crippen LogP contribution in [-0.2, 0) is 0 Å². The van der Waals surface area contributed by atoms with Crippen molar-refractivity contribution < 1.29 is 5.11 Å². The molecule has 1 saturated heterocycles. The highest BCUT2D eigenvalue weighted by molar-refractivity contribution is 5.57. The second-order valence-electron chi connectivity index (χ2n) is 3.18. The molecule has 2 nitrogen and oxygen atoms in total. The van der Waals surface area contributed by atoms with E-state index < -0.39 is 0 Å². The lowest BCUT2D eigenvalue weighted by atomic mass is 10.3. The molecule has 0 bridgehead atoms. The molecule has 1 aliphatic rings. The van der Waals surface area contributed by atoms with Gasteiger partial charge in [-0.3, -0.25) is 0 Å². The summed E-state index contributed by atoms with van der Waals surface area (Å²) < 4.78 is 0. The van der Waals surface area contributed by atoms with Gasteiger partial charge in [-0.2, -0.15) is 0 Å². The molecule has 0 atom stereocenters. The highest BCUT2D eigenvalue weighted by Crippen LogP contribution is 2.28. The maximum atomic E-state index is 9.53. The monoisotopic (exact) mass is 193 g/mol. The number of hydrogen-bond donors (Lipinski definition) is 1. The Morgan fingerprint density at radius 1 is 1.07 bits per heavy atom. The third kappa shape index (κ3) is 2.41. The van der Waals surface area contributed by atoms with Crippen LogP contribution in [0.1, 0.15) is 26.7 Å². The molecule has 1 aromatic rings. The molecule has 0 aromatic heterocycles. The zero-order valence-corrected chi connectivity index (χ0v) is 9.03. The summed E-state index contributed by atoms with van der Waals surface area (Å²) in [6.07, 6.45) is 2.49. The molecule has 1 N–H and O–H groups in total. The van der Waals surface area contributed by atoms with Crippen LogP contribution in [-0.4, -0.2) is 18.2 Å². The van der Waals surface area contributed by atoms with Crippen molar-refractivity contribution in [2.24, 2.45) is 0 Å². The summed E-state index contributed by atoms with van der Waals surface area (Å²) in [6, 6.07) is 7.54. The molecule has 0 radical (unpaired) electrons. The summed E-state index contributed by atoms with van der Waals surface area (Å²) >= 11 is 0. The van der Waals surface area contributed by atoms with Crippen molar-refractivity contribution >= 4 is 5.69 Å². The minimum atomic E-state index is 0.402. The van der Waals surface area contributed by atoms with Gasteiger partial charge >= 0.3 is 0 Å². The van der Waals surface area contributed by atoms with Gasteiger partial charge in [0.25, 0.3) is 0 Å². The van der Waals surface area contributed by atoms with Gasteiger partial charge in [0.1, 0.15) is 5.75 Å². The topological polar surface area (TPSA) is 23.5 Å². The van der Waals surface area contributed by atoms with Crippen molar-refractivity contribution in [3.05, 3.63) is 24.3 Å². The summed E-state index contributed by atoms with van der Waals surface area (Å²) in [5, 5.41) is 9.53. The van der Waals surface area contributed by atoms with Crippen LogP contribution in [0.4, 0.5) is 5.69 Å². The molecule has 14 heavy (non-hydrogen) atoms. The van der Waals surface area contributed by atoms with Gasteiger partial charge in [0.15, 0.2) is 0 Å². The molecule has 0 amide bonds. The predicted octanol–water partition coefficient (Wildman–Crippen LogP) is 3.02. The van der Waals surface area contributed by atoms with Gasteiger partial charge in [-0.25, -0.2) is 0 Å². The second kappa shape index (κ2) is 5.53. The minimum Gasteiger partial charge on any atom is -0.506 e. The van der Waals surface area contributed by atoms with E-state index in [4.69, 9.17) is 0 Å². The van der Waals surface area contributed by atoms with Crippen molar-refractivity contribution in [1.29, 1.82) is 0 Å². The first-order chi connectivity index (χ1) is 6.88. The van der Waals surface area contributed by atoms with E-state index in [0.29, 0.717) is 5.75 Å². The third-order valence-corrected chi connectivity index (χ3v) is 2.33. The number of hydrogen-bond acceptors (Lipinski definition) is 2. The van der Waals surface area contributed by atoms with E-state index in [0.717, 1.165) is 18.8 Å². The molecule has 0 unspecified atom stereocenters. The molecule has 2 rings (SSSR count). The molecule has 0 aliphatic carbocycles. The van der Waals surface area contributed by atoms with E-state index in [1.54, 1.807) is 6.07 Å². The maximum absolute atomic E-state index is 9.53. The highest BCUT2D eigenvalue weighted by Gasteiger charge is 2.14. The van der Waals surface area contributed by atoms with Crippen LogP contribution in [0.5, 0.6) is 5.75 Å². The summed E-state index contributed by atoms with van der Waals surface area (Å²) in [6.45, 7) is 6.16. The van der Waals surface area contributed by atoms with Crippen LogP contribution in [0.15, 0.2) is 24.3 Å². The summed E-state index contributed by atoms with van der Waals surface area (Å²) in [4.78, 5) is 2.23. The van der Waals surface area contributed by atoms with Crippen LogP contribution in [0.25, 0.3) is 0 Å². The number of anilines is 1. The smallest absolute Gasteiger partial charge is 0.138 e. The first-order valence-corrected chi connectivity index (χ1v) is 5.41. The number of rotatable bonds is 1. The van der Waals surface area contributed by atoms with E-state index in [-0.39, 0.29) is 0 Å². The average Bonchev–Trinajstić information content (AvgIpc) is 2.75. The van der Waals surface area contributed by atoms with Gasteiger partial charge in [-0.15, -0.1) is 0 Å². The highest BCUT2D eigenvalue weighted by atomic mass is 16.3. The normalized spacial score (nSPS) is 14.9. The summed E-state index contributed by atoms with van der Waals surface area (Å²) in [7, 11) is 0. The number of para-hydroxylation sites is 2. The van der Waals surface area contributed by atoms with Crippen LogP contribution in [0, 0.1) is 0 Å². The molecule has 1 aromatic carbocycles. The number of nitrogens with zero attached hydrogens (tertiary/aromatic N) is 1. The van der Waals surface area contributed by atoms with Gasteiger partial charge in [0.05, 0.1) is 5.69 Å². The Morgan fingerprint density at radius 3 is 2.21 bits per heavy atom. The largest absolute Gasteiger partial charge is 0.506 e. The number of phenolic OH excluding ortho intramolecular Hbond substituents is 1. The van der Waals surface area contributed by atoms with Gasteiger partial charge in [0.2, 0.25) is 0 Å². The number of phenols is 1. The van der Waals surface area contributed by atoms with Crippen molar-refractivity contribution in [3.8, 4) is 5.75 Å². The van der Waals surface area contributed by atoms with Crippen molar-refractivity contribution in [2.75, 3.05) is 18.0 Å². The Morgan fingerprint density at radius 2 is 1.64 bits per heavy atom. The zero-order chi connectivity index (χ0) is 10.4. The lowest BCUT2D eigenvalue weighted by Crippen LogP contribution is -2.17. The molecule has 78 valence electrons. The maximum Gasteiger partial charge on any atom is 0.138 e. The lowest BCUT2D eigenvalue weighted by Gasteiger charge is -2.18. The van der Waals surface area contributed by atoms with Crippen molar-refractivity contribution in [1.82, 2.24) is 0 Å². The van der Waals surface area contributed by atoms with Crippen molar-refractivity contribution in [2.45, 2.75) is 26.7 Å².